The maximum atomic E-state index is 6.81. The van der Waals surface area contributed by atoms with E-state index in [0.717, 1.165) is 66.9 Å². The van der Waals surface area contributed by atoms with Crippen LogP contribution < -0.4 is 4.90 Å². The Hall–Kier alpha value is -7.62. The molecule has 3 heteroatoms. The van der Waals surface area contributed by atoms with Gasteiger partial charge in [0.2, 0.25) is 0 Å². The number of hydrogen-bond donors (Lipinski definition) is 0. The van der Waals surface area contributed by atoms with Gasteiger partial charge in [0.1, 0.15) is 11.2 Å². The van der Waals surface area contributed by atoms with Crippen LogP contribution >= 0.6 is 0 Å². The van der Waals surface area contributed by atoms with Crippen LogP contribution in [0.15, 0.2) is 223 Å². The van der Waals surface area contributed by atoms with Crippen LogP contribution in [0.3, 0.4) is 0 Å². The molecule has 0 saturated carbocycles. The predicted octanol–water partition coefficient (Wildman–Crippen LogP) is 15.2. The van der Waals surface area contributed by atoms with Gasteiger partial charge in [0.15, 0.2) is 0 Å². The first-order valence-electron chi connectivity index (χ1n) is 19.4. The molecule has 57 heavy (non-hydrogen) atoms. The summed E-state index contributed by atoms with van der Waals surface area (Å²) in [6.45, 7) is 0. The standard InChI is InChI=1S/C54H36N2O/c1-4-15-37(16-5-1)38-27-29-39(30-28-38)40-31-33-43(34-32-40)56(49-25-14-24-48-52(49)45-21-10-12-23-47(45)55(48)42-19-8-3-9-20-42)50-36-35-44(41-17-6-2-7-18-41)54-53(50)46-22-11-13-26-51(46)57-54/h1-36H. The zero-order valence-electron chi connectivity index (χ0n) is 31.1. The molecule has 0 radical (unpaired) electrons. The van der Waals surface area contributed by atoms with Gasteiger partial charge in [0.05, 0.1) is 27.8 Å². The van der Waals surface area contributed by atoms with E-state index >= 15 is 0 Å². The minimum absolute atomic E-state index is 0.866. The summed E-state index contributed by atoms with van der Waals surface area (Å²) in [7, 11) is 0. The Bertz CT molecular complexity index is 3190. The molecule has 11 aromatic rings. The van der Waals surface area contributed by atoms with Crippen molar-refractivity contribution in [1.82, 2.24) is 4.57 Å². The van der Waals surface area contributed by atoms with Crippen molar-refractivity contribution in [2.45, 2.75) is 0 Å². The van der Waals surface area contributed by atoms with Crippen LogP contribution in [0.2, 0.25) is 0 Å². The van der Waals surface area contributed by atoms with Gasteiger partial charge in [-0.05, 0) is 88.5 Å². The summed E-state index contributed by atoms with van der Waals surface area (Å²) in [5.41, 5.74) is 15.3. The molecule has 0 aliphatic heterocycles. The first-order valence-corrected chi connectivity index (χ1v) is 19.4. The van der Waals surface area contributed by atoms with Crippen LogP contribution in [-0.2, 0) is 0 Å². The van der Waals surface area contributed by atoms with Gasteiger partial charge in [0.25, 0.3) is 0 Å². The molecule has 3 nitrogen and oxygen atoms in total. The first-order chi connectivity index (χ1) is 28.3. The number of benzene rings is 9. The minimum atomic E-state index is 0.866. The summed E-state index contributed by atoms with van der Waals surface area (Å²) in [5, 5.41) is 4.54. The van der Waals surface area contributed by atoms with Crippen LogP contribution in [0.4, 0.5) is 17.1 Å². The Morgan fingerprint density at radius 1 is 0.351 bits per heavy atom. The first kappa shape index (κ1) is 32.8. The number of anilines is 3. The van der Waals surface area contributed by atoms with Crippen molar-refractivity contribution in [3.63, 3.8) is 0 Å². The fourth-order valence-corrected chi connectivity index (χ4v) is 8.58. The van der Waals surface area contributed by atoms with Crippen LogP contribution in [0.1, 0.15) is 0 Å². The SMILES string of the molecule is c1ccc(-c2ccc(-c3ccc(N(c4ccc(-c5ccccc5)c5oc6ccccc6c45)c4cccc5c4c4ccccc4n5-c4ccccc4)cc3)cc2)cc1. The lowest BCUT2D eigenvalue weighted by Crippen LogP contribution is -2.11. The van der Waals surface area contributed by atoms with Gasteiger partial charge in [-0.25, -0.2) is 0 Å². The van der Waals surface area contributed by atoms with Crippen molar-refractivity contribution in [3.8, 4) is 39.1 Å². The van der Waals surface area contributed by atoms with Crippen molar-refractivity contribution in [2.75, 3.05) is 4.90 Å². The molecule has 0 amide bonds. The second-order valence-corrected chi connectivity index (χ2v) is 14.5. The third-order valence-corrected chi connectivity index (χ3v) is 11.2. The van der Waals surface area contributed by atoms with Crippen LogP contribution in [0.5, 0.6) is 0 Å². The van der Waals surface area contributed by atoms with E-state index in [1.54, 1.807) is 0 Å². The number of hydrogen-bond acceptors (Lipinski definition) is 2. The number of fused-ring (bicyclic) bond motifs is 6. The Balaban J connectivity index is 1.16. The quantitative estimate of drug-likeness (QED) is 0.163. The van der Waals surface area contributed by atoms with E-state index in [9.17, 15) is 0 Å². The van der Waals surface area contributed by atoms with E-state index in [0.29, 0.717) is 0 Å². The van der Waals surface area contributed by atoms with Crippen molar-refractivity contribution < 1.29 is 4.42 Å². The summed E-state index contributed by atoms with van der Waals surface area (Å²) in [6.07, 6.45) is 0. The number of para-hydroxylation sites is 3. The highest BCUT2D eigenvalue weighted by atomic mass is 16.3. The molecule has 9 aromatic carbocycles. The topological polar surface area (TPSA) is 21.3 Å². The minimum Gasteiger partial charge on any atom is -0.455 e. The molecule has 2 heterocycles. The molecule has 0 saturated heterocycles. The van der Waals surface area contributed by atoms with Crippen molar-refractivity contribution >= 4 is 60.8 Å². The lowest BCUT2D eigenvalue weighted by Gasteiger charge is -2.28. The molecule has 0 atom stereocenters. The summed E-state index contributed by atoms with van der Waals surface area (Å²) < 4.78 is 9.19. The Labute approximate surface area is 330 Å². The zero-order chi connectivity index (χ0) is 37.7. The highest BCUT2D eigenvalue weighted by Gasteiger charge is 2.25. The third kappa shape index (κ3) is 5.51. The molecule has 11 rings (SSSR count). The number of furan rings is 1. The normalized spacial score (nSPS) is 11.5. The average molecular weight is 729 g/mol. The largest absolute Gasteiger partial charge is 0.455 e. The smallest absolute Gasteiger partial charge is 0.145 e. The number of nitrogens with zero attached hydrogens (tertiary/aromatic N) is 2. The molecule has 0 unspecified atom stereocenters. The maximum Gasteiger partial charge on any atom is 0.145 e. The molecule has 0 fully saturated rings. The summed E-state index contributed by atoms with van der Waals surface area (Å²) in [5.74, 6) is 0. The van der Waals surface area contributed by atoms with E-state index in [1.807, 2.05) is 0 Å². The van der Waals surface area contributed by atoms with Gasteiger partial charge < -0.3 is 13.9 Å². The van der Waals surface area contributed by atoms with Gasteiger partial charge in [-0.1, -0.05) is 158 Å². The van der Waals surface area contributed by atoms with E-state index in [1.165, 1.54) is 33.0 Å². The monoisotopic (exact) mass is 728 g/mol. The zero-order valence-corrected chi connectivity index (χ0v) is 31.1. The number of aromatic nitrogens is 1. The maximum absolute atomic E-state index is 6.81. The Morgan fingerprint density at radius 3 is 1.58 bits per heavy atom. The van der Waals surface area contributed by atoms with E-state index in [2.05, 4.69) is 228 Å². The third-order valence-electron chi connectivity index (χ3n) is 11.2. The van der Waals surface area contributed by atoms with Gasteiger partial charge >= 0.3 is 0 Å². The van der Waals surface area contributed by atoms with Gasteiger partial charge in [-0.2, -0.15) is 0 Å². The summed E-state index contributed by atoms with van der Waals surface area (Å²) >= 11 is 0. The lowest BCUT2D eigenvalue weighted by molar-refractivity contribution is 0.670. The lowest BCUT2D eigenvalue weighted by atomic mass is 9.98. The molecule has 0 aliphatic carbocycles. The van der Waals surface area contributed by atoms with Crippen molar-refractivity contribution in [1.29, 1.82) is 0 Å². The highest BCUT2D eigenvalue weighted by molar-refractivity contribution is 6.21. The molecule has 0 N–H and O–H groups in total. The summed E-state index contributed by atoms with van der Waals surface area (Å²) in [4.78, 5) is 2.44. The molecule has 268 valence electrons. The van der Waals surface area contributed by atoms with Crippen molar-refractivity contribution in [2.24, 2.45) is 0 Å². The Morgan fingerprint density at radius 2 is 0.877 bits per heavy atom. The van der Waals surface area contributed by atoms with Gasteiger partial charge in [-0.3, -0.25) is 0 Å². The van der Waals surface area contributed by atoms with Gasteiger partial charge in [-0.15, -0.1) is 0 Å². The fourth-order valence-electron chi connectivity index (χ4n) is 8.58. The highest BCUT2D eigenvalue weighted by Crippen LogP contribution is 2.49. The molecule has 2 aromatic heterocycles. The second kappa shape index (κ2) is 13.6. The Kier molecular flexibility index (Phi) is 7.82. The average Bonchev–Trinajstić information content (AvgIpc) is 3.85. The van der Waals surface area contributed by atoms with E-state index < -0.39 is 0 Å². The molecule has 0 bridgehead atoms. The summed E-state index contributed by atoms with van der Waals surface area (Å²) in [6, 6.07) is 78.0. The van der Waals surface area contributed by atoms with E-state index in [-0.39, 0.29) is 0 Å². The fraction of sp³-hybridized carbons (Fsp3) is 0. The predicted molar refractivity (Wildman–Crippen MR) is 239 cm³/mol. The van der Waals surface area contributed by atoms with Crippen LogP contribution in [0.25, 0.3) is 82.8 Å². The molecule has 0 aliphatic rings. The van der Waals surface area contributed by atoms with Crippen LogP contribution in [0, 0.1) is 0 Å². The molecular weight excluding hydrogens is 693 g/mol. The van der Waals surface area contributed by atoms with E-state index in [4.69, 9.17) is 4.42 Å². The number of rotatable bonds is 7. The second-order valence-electron chi connectivity index (χ2n) is 14.5. The molecular formula is C54H36N2O. The van der Waals surface area contributed by atoms with Crippen molar-refractivity contribution in [3.05, 3.63) is 218 Å². The van der Waals surface area contributed by atoms with Crippen LogP contribution in [-0.4, -0.2) is 4.57 Å². The van der Waals surface area contributed by atoms with Gasteiger partial charge in [0, 0.05) is 33.1 Å². The molecule has 0 spiro atoms.